The molecule has 1 heterocycles. The standard InChI is InChI=1S/C13H22N4O3/c1-11(2)8-17(9-12(18)19)13(20)15-4-3-6-16-7-5-14-10-16/h5,7,10-11H,3-4,6,8-9H2,1-2H3,(H,15,20)(H,18,19). The monoisotopic (exact) mass is 282 g/mol. The van der Waals surface area contributed by atoms with Crippen molar-refractivity contribution in [1.82, 2.24) is 19.8 Å². The van der Waals surface area contributed by atoms with Crippen molar-refractivity contribution >= 4 is 12.0 Å². The van der Waals surface area contributed by atoms with Gasteiger partial charge >= 0.3 is 12.0 Å². The molecule has 0 unspecified atom stereocenters. The van der Waals surface area contributed by atoms with Gasteiger partial charge in [0.1, 0.15) is 6.54 Å². The van der Waals surface area contributed by atoms with Crippen molar-refractivity contribution < 1.29 is 14.7 Å². The molecule has 0 fully saturated rings. The molecule has 0 saturated carbocycles. The lowest BCUT2D eigenvalue weighted by molar-refractivity contribution is -0.137. The molecule has 0 radical (unpaired) electrons. The third kappa shape index (κ3) is 6.21. The van der Waals surface area contributed by atoms with Crippen LogP contribution in [0.3, 0.4) is 0 Å². The highest BCUT2D eigenvalue weighted by Crippen LogP contribution is 1.99. The van der Waals surface area contributed by atoms with Gasteiger partial charge < -0.3 is 19.9 Å². The lowest BCUT2D eigenvalue weighted by Crippen LogP contribution is -2.44. The Labute approximate surface area is 118 Å². The largest absolute Gasteiger partial charge is 0.480 e. The second-order valence-corrected chi connectivity index (χ2v) is 5.05. The molecule has 0 aliphatic rings. The molecule has 2 N–H and O–H groups in total. The molecule has 0 aliphatic heterocycles. The molecule has 0 aliphatic carbocycles. The minimum Gasteiger partial charge on any atom is -0.480 e. The number of carboxylic acid groups (broad SMARTS) is 1. The number of hydrogen-bond acceptors (Lipinski definition) is 3. The second-order valence-electron chi connectivity index (χ2n) is 5.05. The predicted molar refractivity (Wildman–Crippen MR) is 74.3 cm³/mol. The number of aliphatic carboxylic acids is 1. The first-order valence-electron chi connectivity index (χ1n) is 6.69. The number of imidazole rings is 1. The van der Waals surface area contributed by atoms with Gasteiger partial charge in [-0.05, 0) is 12.3 Å². The molecule has 0 spiro atoms. The van der Waals surface area contributed by atoms with Gasteiger partial charge in [0.05, 0.1) is 6.33 Å². The molecule has 7 heteroatoms. The number of nitrogens with one attached hydrogen (secondary N) is 1. The molecule has 1 aromatic rings. The van der Waals surface area contributed by atoms with Gasteiger partial charge in [-0.25, -0.2) is 9.78 Å². The molecule has 2 amide bonds. The van der Waals surface area contributed by atoms with E-state index in [9.17, 15) is 9.59 Å². The van der Waals surface area contributed by atoms with E-state index in [1.54, 1.807) is 12.5 Å². The number of aryl methyl sites for hydroxylation is 1. The SMILES string of the molecule is CC(C)CN(CC(=O)O)C(=O)NCCCn1ccnc1. The van der Waals surface area contributed by atoms with E-state index in [0.29, 0.717) is 13.1 Å². The van der Waals surface area contributed by atoms with Gasteiger partial charge in [-0.1, -0.05) is 13.8 Å². The van der Waals surface area contributed by atoms with Crippen LogP contribution in [0.4, 0.5) is 4.79 Å². The number of carbonyl (C=O) groups excluding carboxylic acids is 1. The maximum absolute atomic E-state index is 11.9. The van der Waals surface area contributed by atoms with Crippen LogP contribution in [0, 0.1) is 5.92 Å². The highest BCUT2D eigenvalue weighted by molar-refractivity contribution is 5.80. The van der Waals surface area contributed by atoms with Gasteiger partial charge in [0, 0.05) is 32.0 Å². The molecule has 0 aromatic carbocycles. The summed E-state index contributed by atoms with van der Waals surface area (Å²) in [6, 6.07) is -0.327. The van der Waals surface area contributed by atoms with E-state index in [1.165, 1.54) is 4.90 Å². The lowest BCUT2D eigenvalue weighted by Gasteiger charge is -2.23. The van der Waals surface area contributed by atoms with E-state index in [-0.39, 0.29) is 18.5 Å². The summed E-state index contributed by atoms with van der Waals surface area (Å²) in [5.41, 5.74) is 0. The van der Waals surface area contributed by atoms with Crippen LogP contribution in [0.5, 0.6) is 0 Å². The Hall–Kier alpha value is -2.05. The van der Waals surface area contributed by atoms with Gasteiger partial charge in [-0.3, -0.25) is 4.79 Å². The third-order valence-electron chi connectivity index (χ3n) is 2.63. The van der Waals surface area contributed by atoms with Crippen molar-refractivity contribution in [3.63, 3.8) is 0 Å². The van der Waals surface area contributed by atoms with Crippen LogP contribution >= 0.6 is 0 Å². The van der Waals surface area contributed by atoms with Crippen molar-refractivity contribution in [2.24, 2.45) is 5.92 Å². The zero-order valence-corrected chi connectivity index (χ0v) is 12.0. The lowest BCUT2D eigenvalue weighted by atomic mass is 10.2. The minimum atomic E-state index is -1.00. The Morgan fingerprint density at radius 2 is 2.20 bits per heavy atom. The topological polar surface area (TPSA) is 87.5 Å². The average Bonchev–Trinajstić information content (AvgIpc) is 2.85. The number of rotatable bonds is 8. The van der Waals surface area contributed by atoms with E-state index in [1.807, 2.05) is 24.6 Å². The first-order chi connectivity index (χ1) is 9.49. The summed E-state index contributed by atoms with van der Waals surface area (Å²) in [4.78, 5) is 27.9. The minimum absolute atomic E-state index is 0.228. The summed E-state index contributed by atoms with van der Waals surface area (Å²) in [5.74, 6) is -0.773. The number of hydrogen-bond donors (Lipinski definition) is 2. The average molecular weight is 282 g/mol. The van der Waals surface area contributed by atoms with Crippen LogP contribution in [0.15, 0.2) is 18.7 Å². The Morgan fingerprint density at radius 3 is 2.75 bits per heavy atom. The number of aromatic nitrogens is 2. The van der Waals surface area contributed by atoms with Crippen molar-refractivity contribution in [1.29, 1.82) is 0 Å². The zero-order chi connectivity index (χ0) is 15.0. The molecule has 112 valence electrons. The maximum atomic E-state index is 11.9. The Balaban J connectivity index is 2.31. The van der Waals surface area contributed by atoms with Crippen LogP contribution < -0.4 is 5.32 Å². The summed E-state index contributed by atoms with van der Waals surface area (Å²) >= 11 is 0. The summed E-state index contributed by atoms with van der Waals surface area (Å²) in [5, 5.41) is 11.6. The maximum Gasteiger partial charge on any atom is 0.323 e. The van der Waals surface area contributed by atoms with Crippen molar-refractivity contribution in [2.45, 2.75) is 26.8 Å². The summed E-state index contributed by atoms with van der Waals surface area (Å²) in [7, 11) is 0. The molecule has 1 rings (SSSR count). The number of urea groups is 1. The van der Waals surface area contributed by atoms with Crippen molar-refractivity contribution in [3.05, 3.63) is 18.7 Å². The Morgan fingerprint density at radius 1 is 1.45 bits per heavy atom. The Bertz CT molecular complexity index is 417. The number of carboxylic acids is 1. The van der Waals surface area contributed by atoms with Crippen LogP contribution in [-0.2, 0) is 11.3 Å². The van der Waals surface area contributed by atoms with Crippen LogP contribution in [0.1, 0.15) is 20.3 Å². The Kier molecular flexibility index (Phi) is 6.55. The fourth-order valence-electron chi connectivity index (χ4n) is 1.81. The van der Waals surface area contributed by atoms with E-state index in [2.05, 4.69) is 10.3 Å². The number of nitrogens with zero attached hydrogens (tertiary/aromatic N) is 3. The smallest absolute Gasteiger partial charge is 0.323 e. The first kappa shape index (κ1) is 16.0. The van der Waals surface area contributed by atoms with E-state index in [0.717, 1.165) is 13.0 Å². The summed E-state index contributed by atoms with van der Waals surface area (Å²) in [6.07, 6.45) is 6.05. The quantitative estimate of drug-likeness (QED) is 0.697. The molecule has 7 nitrogen and oxygen atoms in total. The predicted octanol–water partition coefficient (Wildman–Crippen LogP) is 1.03. The zero-order valence-electron chi connectivity index (χ0n) is 12.0. The molecule has 1 aromatic heterocycles. The molecule has 20 heavy (non-hydrogen) atoms. The highest BCUT2D eigenvalue weighted by Gasteiger charge is 2.17. The van der Waals surface area contributed by atoms with Crippen LogP contribution in [-0.4, -0.2) is 51.2 Å². The van der Waals surface area contributed by atoms with Crippen LogP contribution in [0.2, 0.25) is 0 Å². The van der Waals surface area contributed by atoms with Crippen molar-refractivity contribution in [2.75, 3.05) is 19.6 Å². The number of amides is 2. The van der Waals surface area contributed by atoms with Gasteiger partial charge in [-0.2, -0.15) is 0 Å². The second kappa shape index (κ2) is 8.19. The number of carbonyl (C=O) groups is 2. The van der Waals surface area contributed by atoms with Gasteiger partial charge in [-0.15, -0.1) is 0 Å². The van der Waals surface area contributed by atoms with Gasteiger partial charge in [0.25, 0.3) is 0 Å². The molecule has 0 atom stereocenters. The first-order valence-corrected chi connectivity index (χ1v) is 6.69. The highest BCUT2D eigenvalue weighted by atomic mass is 16.4. The van der Waals surface area contributed by atoms with E-state index < -0.39 is 5.97 Å². The van der Waals surface area contributed by atoms with E-state index >= 15 is 0 Å². The molecular weight excluding hydrogens is 260 g/mol. The van der Waals surface area contributed by atoms with Crippen LogP contribution in [0.25, 0.3) is 0 Å². The van der Waals surface area contributed by atoms with Gasteiger partial charge in [0.15, 0.2) is 0 Å². The van der Waals surface area contributed by atoms with Crippen molar-refractivity contribution in [3.8, 4) is 0 Å². The van der Waals surface area contributed by atoms with Gasteiger partial charge in [0.2, 0.25) is 0 Å². The normalized spacial score (nSPS) is 10.6. The fourth-order valence-corrected chi connectivity index (χ4v) is 1.81. The van der Waals surface area contributed by atoms with E-state index in [4.69, 9.17) is 5.11 Å². The molecule has 0 bridgehead atoms. The molecule has 0 saturated heterocycles. The summed E-state index contributed by atoms with van der Waals surface area (Å²) in [6.45, 7) is 5.32. The fraction of sp³-hybridized carbons (Fsp3) is 0.615. The molecular formula is C13H22N4O3. The third-order valence-corrected chi connectivity index (χ3v) is 2.63. The summed E-state index contributed by atoms with van der Waals surface area (Å²) < 4.78 is 1.93.